The second-order valence-electron chi connectivity index (χ2n) is 31.3. The van der Waals surface area contributed by atoms with Gasteiger partial charge in [0, 0.05) is 98.1 Å². The standard InChI is InChI=1S/C108H64N12/c1-5-27-66(28-6-1)103-109-104(67-29-7-2-8-30-67)111-106(110-103)118-93-46-24-18-42-81(93)88-60-57-85-78-39-17-23-45-92(78)117(99(85)102(88)118)96-64-70-31-13-14-36-75(70)89-63-69(53-54-82(89)96)68-51-49-65-50-52-71(62-72(65)61-68)105-112-107(119-94-47-25-19-40-79(94)86-58-55-83-76-37-15-21-43-90(76)115(97(83)100(86)119)73-32-9-3-10-33-73)114-108(113-105)120-95-48-26-20-41-80(95)87-59-56-84-77-38-16-22-44-91(77)116(98(84)101(87)120)74-34-11-4-12-35-74/h1-64H. The van der Waals surface area contributed by atoms with Crippen molar-refractivity contribution in [3.8, 4) is 80.2 Å². The van der Waals surface area contributed by atoms with E-state index in [-0.39, 0.29) is 0 Å². The third kappa shape index (κ3) is 9.63. The van der Waals surface area contributed by atoms with Gasteiger partial charge in [-0.25, -0.2) is 4.98 Å². The minimum Gasteiger partial charge on any atom is -0.307 e. The van der Waals surface area contributed by atoms with Gasteiger partial charge in [0.05, 0.1) is 71.9 Å². The molecule has 26 rings (SSSR count). The van der Waals surface area contributed by atoms with Crippen molar-refractivity contribution in [1.82, 2.24) is 57.3 Å². The molecule has 0 bridgehead atoms. The maximum absolute atomic E-state index is 5.92. The van der Waals surface area contributed by atoms with Crippen LogP contribution in [0.5, 0.6) is 0 Å². The van der Waals surface area contributed by atoms with Crippen LogP contribution in [0.1, 0.15) is 0 Å². The topological polar surface area (TPSA) is 107 Å². The number of aromatic nitrogens is 12. The lowest BCUT2D eigenvalue weighted by Gasteiger charge is -2.17. The van der Waals surface area contributed by atoms with Crippen molar-refractivity contribution in [2.24, 2.45) is 0 Å². The molecule has 18 aromatic carbocycles. The first-order valence-electron chi connectivity index (χ1n) is 40.7. The van der Waals surface area contributed by atoms with Gasteiger partial charge < -0.3 is 13.7 Å². The van der Waals surface area contributed by atoms with Crippen molar-refractivity contribution < 1.29 is 0 Å². The molecule has 0 aliphatic rings. The SMILES string of the molecule is c1ccc(-c2nc(-c3ccccc3)nc(-n3c4ccccc4c4ccc5c6ccccc6n(-c6cc7ccccc7c7cc(-c8ccc9ccc(-c%10nc(-n%11c%12ccccc%12c%12ccc%13c%14ccccc%14n(-c%14ccccc%14)c%13c%12%11)nc(-n%11c%12ccccc%12c%12ccc%13c%14ccccc%14n(-c%14ccccc%14)c%13c%12%11)n%10)cc9c8)ccc67)c5c43)n2)cc1. The van der Waals surface area contributed by atoms with Crippen LogP contribution in [-0.4, -0.2) is 57.3 Å². The Morgan fingerprint density at radius 3 is 0.883 bits per heavy atom. The number of nitrogens with zero attached hydrogens (tertiary/aromatic N) is 12. The molecule has 0 saturated heterocycles. The summed E-state index contributed by atoms with van der Waals surface area (Å²) in [5, 5.41) is 20.0. The van der Waals surface area contributed by atoms with Crippen molar-refractivity contribution in [3.05, 3.63) is 388 Å². The van der Waals surface area contributed by atoms with Gasteiger partial charge in [-0.2, -0.15) is 24.9 Å². The summed E-state index contributed by atoms with van der Waals surface area (Å²) in [4.78, 5) is 33.6. The van der Waals surface area contributed by atoms with E-state index in [9.17, 15) is 0 Å². The van der Waals surface area contributed by atoms with Crippen LogP contribution in [0.4, 0.5) is 0 Å². The quantitative estimate of drug-likeness (QED) is 0.126. The fourth-order valence-corrected chi connectivity index (χ4v) is 19.7. The Hall–Kier alpha value is -16.4. The maximum atomic E-state index is 5.92. The molecule has 12 heteroatoms. The molecular formula is C108H64N12. The Balaban J connectivity index is 0.696. The van der Waals surface area contributed by atoms with Gasteiger partial charge in [-0.3, -0.25) is 13.7 Å². The fraction of sp³-hybridized carbons (Fsp3) is 0. The normalized spacial score (nSPS) is 12.2. The molecule has 120 heavy (non-hydrogen) atoms. The van der Waals surface area contributed by atoms with E-state index in [4.69, 9.17) is 29.9 Å². The van der Waals surface area contributed by atoms with Crippen molar-refractivity contribution in [3.63, 3.8) is 0 Å². The van der Waals surface area contributed by atoms with Crippen LogP contribution in [0, 0.1) is 0 Å². The molecule has 8 heterocycles. The first kappa shape index (κ1) is 65.9. The number of fused-ring (bicyclic) bond motifs is 25. The van der Waals surface area contributed by atoms with Crippen LogP contribution in [0.3, 0.4) is 0 Å². The first-order valence-corrected chi connectivity index (χ1v) is 40.7. The van der Waals surface area contributed by atoms with Crippen LogP contribution in [-0.2, 0) is 0 Å². The van der Waals surface area contributed by atoms with Gasteiger partial charge in [0.1, 0.15) is 0 Å². The summed E-state index contributed by atoms with van der Waals surface area (Å²) >= 11 is 0. The molecule has 26 aromatic rings. The molecule has 12 nitrogen and oxygen atoms in total. The average molecular weight is 1530 g/mol. The van der Waals surface area contributed by atoms with Gasteiger partial charge in [0.15, 0.2) is 17.5 Å². The summed E-state index contributed by atoms with van der Waals surface area (Å²) in [6.45, 7) is 0. The van der Waals surface area contributed by atoms with Gasteiger partial charge in [-0.1, -0.05) is 303 Å². The molecule has 0 radical (unpaired) electrons. The van der Waals surface area contributed by atoms with Gasteiger partial charge in [0.25, 0.3) is 0 Å². The molecule has 556 valence electrons. The highest BCUT2D eigenvalue weighted by atomic mass is 15.3. The number of para-hydroxylation sites is 8. The lowest BCUT2D eigenvalue weighted by Crippen LogP contribution is -2.11. The summed E-state index contributed by atoms with van der Waals surface area (Å²) in [5.41, 5.74) is 20.4. The summed E-state index contributed by atoms with van der Waals surface area (Å²) in [6, 6.07) is 140. The van der Waals surface area contributed by atoms with Crippen LogP contribution >= 0.6 is 0 Å². The Morgan fingerprint density at radius 2 is 0.450 bits per heavy atom. The Labute approximate surface area is 684 Å². The molecule has 0 unspecified atom stereocenters. The molecule has 0 atom stereocenters. The van der Waals surface area contributed by atoms with E-state index in [1.165, 1.54) is 0 Å². The molecular weight excluding hydrogens is 1470 g/mol. The molecule has 0 aliphatic heterocycles. The highest BCUT2D eigenvalue weighted by Crippen LogP contribution is 2.48. The molecule has 0 fully saturated rings. The Bertz CT molecular complexity index is 8550. The zero-order chi connectivity index (χ0) is 78.4. The van der Waals surface area contributed by atoms with Gasteiger partial charge in [-0.15, -0.1) is 0 Å². The second kappa shape index (κ2) is 25.5. The van der Waals surface area contributed by atoms with E-state index in [0.29, 0.717) is 35.3 Å². The highest BCUT2D eigenvalue weighted by Gasteiger charge is 2.30. The van der Waals surface area contributed by atoms with Gasteiger partial charge in [-0.05, 0) is 123 Å². The van der Waals surface area contributed by atoms with E-state index in [2.05, 4.69) is 379 Å². The zero-order valence-electron chi connectivity index (χ0n) is 64.3. The van der Waals surface area contributed by atoms with Crippen molar-refractivity contribution in [2.45, 2.75) is 0 Å². The highest BCUT2D eigenvalue weighted by molar-refractivity contribution is 6.28. The zero-order valence-corrected chi connectivity index (χ0v) is 64.3. The van der Waals surface area contributed by atoms with Gasteiger partial charge >= 0.3 is 0 Å². The van der Waals surface area contributed by atoms with Crippen molar-refractivity contribution in [2.75, 3.05) is 0 Å². The number of benzene rings is 18. The number of rotatable bonds is 10. The summed E-state index contributed by atoms with van der Waals surface area (Å²) in [5.74, 6) is 3.23. The smallest absolute Gasteiger partial charge is 0.240 e. The maximum Gasteiger partial charge on any atom is 0.240 e. The molecule has 0 amide bonds. The van der Waals surface area contributed by atoms with E-state index in [0.717, 1.165) is 208 Å². The monoisotopic (exact) mass is 1530 g/mol. The van der Waals surface area contributed by atoms with E-state index in [1.54, 1.807) is 0 Å². The lowest BCUT2D eigenvalue weighted by atomic mass is 9.94. The van der Waals surface area contributed by atoms with E-state index >= 15 is 0 Å². The molecule has 8 aromatic heterocycles. The molecule has 0 aliphatic carbocycles. The van der Waals surface area contributed by atoms with Gasteiger partial charge in [0.2, 0.25) is 17.8 Å². The second-order valence-corrected chi connectivity index (χ2v) is 31.3. The predicted octanol–water partition coefficient (Wildman–Crippen LogP) is 26.8. The summed E-state index contributed by atoms with van der Waals surface area (Å²) < 4.78 is 14.2. The Kier molecular flexibility index (Phi) is 14.0. The van der Waals surface area contributed by atoms with Crippen LogP contribution in [0.25, 0.3) is 243 Å². The van der Waals surface area contributed by atoms with Crippen LogP contribution in [0.15, 0.2) is 388 Å². The molecule has 0 spiro atoms. The van der Waals surface area contributed by atoms with E-state index < -0.39 is 0 Å². The first-order chi connectivity index (χ1) is 59.5. The molecule has 0 N–H and O–H groups in total. The molecule has 0 saturated carbocycles. The van der Waals surface area contributed by atoms with Crippen molar-refractivity contribution in [1.29, 1.82) is 0 Å². The average Bonchev–Trinajstić information content (AvgIpc) is 1.55. The number of hydrogen-bond acceptors (Lipinski definition) is 6. The minimum absolute atomic E-state index is 0.488. The summed E-state index contributed by atoms with van der Waals surface area (Å²) in [6.07, 6.45) is 0. The Morgan fingerprint density at radius 1 is 0.150 bits per heavy atom. The van der Waals surface area contributed by atoms with Crippen LogP contribution in [0.2, 0.25) is 0 Å². The summed E-state index contributed by atoms with van der Waals surface area (Å²) in [7, 11) is 0. The number of hydrogen-bond donors (Lipinski definition) is 0. The van der Waals surface area contributed by atoms with E-state index in [1.807, 2.05) is 36.4 Å². The van der Waals surface area contributed by atoms with Crippen LogP contribution < -0.4 is 0 Å². The lowest BCUT2D eigenvalue weighted by molar-refractivity contribution is 0.893. The third-order valence-electron chi connectivity index (χ3n) is 24.8. The minimum atomic E-state index is 0.488. The van der Waals surface area contributed by atoms with Crippen molar-refractivity contribution >= 4 is 163 Å². The largest absolute Gasteiger partial charge is 0.307 e. The predicted molar refractivity (Wildman–Crippen MR) is 494 cm³/mol. The third-order valence-corrected chi connectivity index (χ3v) is 24.8. The fourth-order valence-electron chi connectivity index (χ4n) is 19.7.